The SMILES string of the molecule is CC(C)CN(C)C1CC1. The third-order valence-electron chi connectivity index (χ3n) is 1.82. The summed E-state index contributed by atoms with van der Waals surface area (Å²) in [5.41, 5.74) is 0. The Balaban J connectivity index is 2.10. The van der Waals surface area contributed by atoms with Crippen LogP contribution in [0.15, 0.2) is 0 Å². The van der Waals surface area contributed by atoms with Gasteiger partial charge in [0.2, 0.25) is 0 Å². The fourth-order valence-corrected chi connectivity index (χ4v) is 1.24. The van der Waals surface area contributed by atoms with E-state index in [1.165, 1.54) is 19.4 Å². The van der Waals surface area contributed by atoms with Gasteiger partial charge in [0.1, 0.15) is 0 Å². The van der Waals surface area contributed by atoms with Gasteiger partial charge in [0.05, 0.1) is 0 Å². The first-order chi connectivity index (χ1) is 4.20. The normalized spacial score (nSPS) is 19.7. The number of hydrogen-bond donors (Lipinski definition) is 0. The van der Waals surface area contributed by atoms with E-state index in [1.807, 2.05) is 0 Å². The van der Waals surface area contributed by atoms with E-state index in [0.717, 1.165) is 12.0 Å². The van der Waals surface area contributed by atoms with E-state index in [9.17, 15) is 0 Å². The Kier molecular flexibility index (Phi) is 2.12. The summed E-state index contributed by atoms with van der Waals surface area (Å²) in [6, 6.07) is 0.937. The predicted octanol–water partition coefficient (Wildman–Crippen LogP) is 1.74. The molecule has 0 aromatic rings. The Labute approximate surface area is 58.0 Å². The quantitative estimate of drug-likeness (QED) is 0.558. The molecule has 0 N–H and O–H groups in total. The highest BCUT2D eigenvalue weighted by molar-refractivity contribution is 4.82. The molecule has 0 aromatic carbocycles. The Morgan fingerprint density at radius 2 is 2.00 bits per heavy atom. The second-order valence-corrected chi connectivity index (χ2v) is 3.56. The molecule has 1 fully saturated rings. The molecule has 54 valence electrons. The van der Waals surface area contributed by atoms with Crippen LogP contribution in [0.2, 0.25) is 0 Å². The number of hydrogen-bond acceptors (Lipinski definition) is 1. The molecular formula is C8H17N. The number of rotatable bonds is 3. The molecule has 0 aromatic heterocycles. The zero-order chi connectivity index (χ0) is 6.85. The van der Waals surface area contributed by atoms with E-state index in [-0.39, 0.29) is 0 Å². The molecule has 0 radical (unpaired) electrons. The maximum Gasteiger partial charge on any atom is 0.00934 e. The topological polar surface area (TPSA) is 3.24 Å². The minimum absolute atomic E-state index is 0.829. The molecule has 1 nitrogen and oxygen atoms in total. The van der Waals surface area contributed by atoms with Crippen molar-refractivity contribution in [1.82, 2.24) is 4.90 Å². The van der Waals surface area contributed by atoms with Crippen LogP contribution < -0.4 is 0 Å². The highest BCUT2D eigenvalue weighted by Gasteiger charge is 2.25. The van der Waals surface area contributed by atoms with Gasteiger partial charge >= 0.3 is 0 Å². The first-order valence-electron chi connectivity index (χ1n) is 3.90. The van der Waals surface area contributed by atoms with E-state index in [0.29, 0.717) is 0 Å². The summed E-state index contributed by atoms with van der Waals surface area (Å²) >= 11 is 0. The molecule has 0 saturated heterocycles. The third-order valence-corrected chi connectivity index (χ3v) is 1.82. The van der Waals surface area contributed by atoms with Gasteiger partial charge in [-0.1, -0.05) is 13.8 Å². The Morgan fingerprint density at radius 3 is 2.33 bits per heavy atom. The van der Waals surface area contributed by atoms with Gasteiger partial charge in [0.15, 0.2) is 0 Å². The lowest BCUT2D eigenvalue weighted by Crippen LogP contribution is -2.25. The largest absolute Gasteiger partial charge is 0.303 e. The van der Waals surface area contributed by atoms with Gasteiger partial charge < -0.3 is 4.90 Å². The van der Waals surface area contributed by atoms with Crippen LogP contribution in [0.5, 0.6) is 0 Å². The molecule has 0 unspecified atom stereocenters. The smallest absolute Gasteiger partial charge is 0.00934 e. The molecule has 0 atom stereocenters. The highest BCUT2D eigenvalue weighted by atomic mass is 15.1. The van der Waals surface area contributed by atoms with Crippen molar-refractivity contribution in [3.63, 3.8) is 0 Å². The van der Waals surface area contributed by atoms with Gasteiger partial charge in [-0.05, 0) is 25.8 Å². The van der Waals surface area contributed by atoms with Gasteiger partial charge in [-0.2, -0.15) is 0 Å². The van der Waals surface area contributed by atoms with Crippen molar-refractivity contribution in [1.29, 1.82) is 0 Å². The molecule has 1 rings (SSSR count). The van der Waals surface area contributed by atoms with Gasteiger partial charge in [-0.3, -0.25) is 0 Å². The summed E-state index contributed by atoms with van der Waals surface area (Å²) in [6.45, 7) is 5.82. The zero-order valence-electron chi connectivity index (χ0n) is 6.72. The lowest BCUT2D eigenvalue weighted by atomic mass is 10.2. The standard InChI is InChI=1S/C8H17N/c1-7(2)6-9(3)8-4-5-8/h7-8H,4-6H2,1-3H3. The molecule has 0 heterocycles. The van der Waals surface area contributed by atoms with E-state index in [1.54, 1.807) is 0 Å². The van der Waals surface area contributed by atoms with E-state index < -0.39 is 0 Å². The van der Waals surface area contributed by atoms with Crippen LogP contribution in [0.4, 0.5) is 0 Å². The van der Waals surface area contributed by atoms with Crippen molar-refractivity contribution < 1.29 is 0 Å². The van der Waals surface area contributed by atoms with Gasteiger partial charge in [0, 0.05) is 12.6 Å². The van der Waals surface area contributed by atoms with Crippen LogP contribution >= 0.6 is 0 Å². The fourth-order valence-electron chi connectivity index (χ4n) is 1.24. The van der Waals surface area contributed by atoms with Crippen LogP contribution in [-0.4, -0.2) is 24.5 Å². The fraction of sp³-hybridized carbons (Fsp3) is 1.00. The van der Waals surface area contributed by atoms with E-state index in [2.05, 4.69) is 25.8 Å². The van der Waals surface area contributed by atoms with Gasteiger partial charge in [0.25, 0.3) is 0 Å². The van der Waals surface area contributed by atoms with E-state index >= 15 is 0 Å². The average molecular weight is 127 g/mol. The van der Waals surface area contributed by atoms with Crippen molar-refractivity contribution in [2.24, 2.45) is 5.92 Å². The van der Waals surface area contributed by atoms with Crippen LogP contribution in [0.1, 0.15) is 26.7 Å². The molecule has 0 bridgehead atoms. The minimum atomic E-state index is 0.829. The van der Waals surface area contributed by atoms with E-state index in [4.69, 9.17) is 0 Å². The monoisotopic (exact) mass is 127 g/mol. The van der Waals surface area contributed by atoms with Crippen molar-refractivity contribution in [2.75, 3.05) is 13.6 Å². The molecule has 1 heteroatoms. The highest BCUT2D eigenvalue weighted by Crippen LogP contribution is 2.25. The summed E-state index contributed by atoms with van der Waals surface area (Å²) in [6.07, 6.45) is 2.87. The maximum atomic E-state index is 2.48. The van der Waals surface area contributed by atoms with Gasteiger partial charge in [-0.15, -0.1) is 0 Å². The summed E-state index contributed by atoms with van der Waals surface area (Å²) in [4.78, 5) is 2.48. The van der Waals surface area contributed by atoms with Crippen LogP contribution in [0.3, 0.4) is 0 Å². The Hall–Kier alpha value is -0.0400. The summed E-state index contributed by atoms with van der Waals surface area (Å²) < 4.78 is 0. The second kappa shape index (κ2) is 2.70. The minimum Gasteiger partial charge on any atom is -0.303 e. The summed E-state index contributed by atoms with van der Waals surface area (Å²) in [5.74, 6) is 0.829. The number of nitrogens with zero attached hydrogens (tertiary/aromatic N) is 1. The zero-order valence-corrected chi connectivity index (χ0v) is 6.72. The van der Waals surface area contributed by atoms with Crippen molar-refractivity contribution in [2.45, 2.75) is 32.7 Å². The van der Waals surface area contributed by atoms with Gasteiger partial charge in [-0.25, -0.2) is 0 Å². The Morgan fingerprint density at radius 1 is 1.44 bits per heavy atom. The Bertz CT molecular complexity index is 84.6. The lowest BCUT2D eigenvalue weighted by Gasteiger charge is -2.17. The van der Waals surface area contributed by atoms with Crippen molar-refractivity contribution >= 4 is 0 Å². The van der Waals surface area contributed by atoms with Crippen molar-refractivity contribution in [3.8, 4) is 0 Å². The molecule has 0 amide bonds. The predicted molar refractivity (Wildman–Crippen MR) is 40.5 cm³/mol. The molecule has 1 aliphatic rings. The van der Waals surface area contributed by atoms with Crippen LogP contribution in [-0.2, 0) is 0 Å². The molecule has 0 spiro atoms. The first-order valence-corrected chi connectivity index (χ1v) is 3.90. The molecule has 1 aliphatic carbocycles. The lowest BCUT2D eigenvalue weighted by molar-refractivity contribution is 0.286. The molecule has 9 heavy (non-hydrogen) atoms. The van der Waals surface area contributed by atoms with Crippen LogP contribution in [0, 0.1) is 5.92 Å². The van der Waals surface area contributed by atoms with Crippen molar-refractivity contribution in [3.05, 3.63) is 0 Å². The maximum absolute atomic E-state index is 2.48. The first kappa shape index (κ1) is 7.07. The summed E-state index contributed by atoms with van der Waals surface area (Å²) in [7, 11) is 2.23. The van der Waals surface area contributed by atoms with Crippen LogP contribution in [0.25, 0.3) is 0 Å². The third kappa shape index (κ3) is 2.35. The average Bonchev–Trinajstić information content (AvgIpc) is 2.40. The summed E-state index contributed by atoms with van der Waals surface area (Å²) in [5, 5.41) is 0. The molecule has 1 saturated carbocycles. The second-order valence-electron chi connectivity index (χ2n) is 3.56. The molecular weight excluding hydrogens is 110 g/mol. The molecule has 0 aliphatic heterocycles.